The van der Waals surface area contributed by atoms with Crippen LogP contribution in [0.2, 0.25) is 0 Å². The molecule has 238 valence electrons. The van der Waals surface area contributed by atoms with E-state index in [9.17, 15) is 0 Å². The second-order valence-electron chi connectivity index (χ2n) is 13.5. The summed E-state index contributed by atoms with van der Waals surface area (Å²) >= 11 is 0. The number of fused-ring (bicyclic) bond motifs is 3. The molecule has 0 fully saturated rings. The molecule has 6 heteroatoms. The Labute approximate surface area is 291 Å². The molecule has 0 aliphatic rings. The van der Waals surface area contributed by atoms with E-state index in [4.69, 9.17) is 9.84 Å². The number of aryl methyl sites for hydroxylation is 4. The van der Waals surface area contributed by atoms with E-state index in [2.05, 4.69) is 118 Å². The van der Waals surface area contributed by atoms with Crippen molar-refractivity contribution in [2.45, 2.75) is 54.4 Å². The van der Waals surface area contributed by atoms with Crippen molar-refractivity contribution in [3.8, 4) is 34.1 Å². The Kier molecular flexibility index (Phi) is 8.96. The third-order valence-electron chi connectivity index (χ3n) is 8.53. The summed E-state index contributed by atoms with van der Waals surface area (Å²) in [5.41, 5.74) is 10.5. The van der Waals surface area contributed by atoms with Crippen molar-refractivity contribution >= 4 is 21.8 Å². The van der Waals surface area contributed by atoms with Gasteiger partial charge in [0, 0.05) is 35.0 Å². The van der Waals surface area contributed by atoms with Crippen LogP contribution < -0.4 is 4.74 Å². The number of pyridine rings is 1. The summed E-state index contributed by atoms with van der Waals surface area (Å²) < 4.78 is 10.4. The van der Waals surface area contributed by atoms with Gasteiger partial charge in [-0.15, -0.1) is 35.7 Å². The van der Waals surface area contributed by atoms with E-state index >= 15 is 0 Å². The van der Waals surface area contributed by atoms with Crippen LogP contribution in [-0.4, -0.2) is 19.3 Å². The van der Waals surface area contributed by atoms with Gasteiger partial charge in [0.05, 0.1) is 6.20 Å². The first kappa shape index (κ1) is 32.5. The topological polar surface area (TPSA) is 44.9 Å². The average molecular weight is 798 g/mol. The SMILES string of the molecule is Cc1ccnc(-n2c3[c-]c(Oc4[c-]c(-n5cc(-c6c(C)cc(CCC(C)(C)C)cc6C)cn5)ccc4)ccc3c3ccccc32)c1.[Pt+2]. The predicted molar refractivity (Wildman–Crippen MR) is 187 cm³/mol. The molecule has 0 saturated carbocycles. The Morgan fingerprint density at radius 2 is 1.57 bits per heavy atom. The van der Waals surface area contributed by atoms with E-state index in [1.807, 2.05) is 47.4 Å². The Morgan fingerprint density at radius 3 is 2.34 bits per heavy atom. The summed E-state index contributed by atoms with van der Waals surface area (Å²) in [6, 6.07) is 34.0. The third kappa shape index (κ3) is 6.68. The first-order chi connectivity index (χ1) is 22.1. The largest absolute Gasteiger partial charge is 2.00 e. The second kappa shape index (κ2) is 13.0. The molecule has 4 aromatic carbocycles. The molecule has 0 N–H and O–H groups in total. The number of ether oxygens (including phenoxy) is 1. The first-order valence-electron chi connectivity index (χ1n) is 15.9. The van der Waals surface area contributed by atoms with Gasteiger partial charge in [-0.3, -0.25) is 4.68 Å². The van der Waals surface area contributed by atoms with Crippen LogP contribution in [0, 0.1) is 38.3 Å². The maximum atomic E-state index is 6.36. The minimum absolute atomic E-state index is 0. The zero-order valence-electron chi connectivity index (χ0n) is 27.7. The Bertz CT molecular complexity index is 2200. The van der Waals surface area contributed by atoms with Gasteiger partial charge in [-0.1, -0.05) is 56.6 Å². The predicted octanol–water partition coefficient (Wildman–Crippen LogP) is 10.3. The van der Waals surface area contributed by atoms with E-state index < -0.39 is 0 Å². The molecule has 0 amide bonds. The van der Waals surface area contributed by atoms with E-state index in [0.29, 0.717) is 16.9 Å². The number of benzene rings is 4. The van der Waals surface area contributed by atoms with Crippen molar-refractivity contribution in [2.75, 3.05) is 0 Å². The van der Waals surface area contributed by atoms with Crippen molar-refractivity contribution in [1.82, 2.24) is 19.3 Å². The zero-order valence-corrected chi connectivity index (χ0v) is 29.9. The molecule has 3 heterocycles. The van der Waals surface area contributed by atoms with E-state index in [-0.39, 0.29) is 21.1 Å². The summed E-state index contributed by atoms with van der Waals surface area (Å²) in [5, 5.41) is 6.96. The Hall–Kier alpha value is -4.47. The maximum Gasteiger partial charge on any atom is 2.00 e. The van der Waals surface area contributed by atoms with Gasteiger partial charge in [0.15, 0.2) is 0 Å². The van der Waals surface area contributed by atoms with Crippen LogP contribution in [0.4, 0.5) is 0 Å². The standard InChI is InChI=1S/C41H38N4O.Pt/c1-27-17-19-42-39(20-27)45-37-13-8-7-12-35(37)36-15-14-34(24-38(36)45)46-33-11-9-10-32(23-33)44-26-31(25-43-44)40-28(2)21-30(22-29(40)3)16-18-41(4,5)6;/h7-15,17,19-22,25-26H,16,18H2,1-6H3;/q-2;+2. The van der Waals surface area contributed by atoms with Gasteiger partial charge in [-0.05, 0) is 96.1 Å². The number of hydrogen-bond donors (Lipinski definition) is 0. The molecule has 47 heavy (non-hydrogen) atoms. The van der Waals surface area contributed by atoms with Crippen molar-refractivity contribution in [3.05, 3.63) is 132 Å². The fourth-order valence-corrected chi connectivity index (χ4v) is 6.32. The third-order valence-corrected chi connectivity index (χ3v) is 8.53. The van der Waals surface area contributed by atoms with Crippen LogP contribution in [0.25, 0.3) is 44.4 Å². The quantitative estimate of drug-likeness (QED) is 0.151. The van der Waals surface area contributed by atoms with Gasteiger partial charge >= 0.3 is 21.1 Å². The number of para-hydroxylation sites is 1. The van der Waals surface area contributed by atoms with Crippen molar-refractivity contribution in [1.29, 1.82) is 0 Å². The molecular weight excluding hydrogens is 760 g/mol. The van der Waals surface area contributed by atoms with Gasteiger partial charge in [-0.2, -0.15) is 17.2 Å². The van der Waals surface area contributed by atoms with Crippen molar-refractivity contribution in [2.24, 2.45) is 5.41 Å². The minimum atomic E-state index is 0. The fraction of sp³-hybridized carbons (Fsp3) is 0.220. The van der Waals surface area contributed by atoms with Gasteiger partial charge < -0.3 is 9.30 Å². The molecule has 0 atom stereocenters. The minimum Gasteiger partial charge on any atom is -0.509 e. The maximum absolute atomic E-state index is 6.36. The number of aromatic nitrogens is 4. The molecule has 0 radical (unpaired) electrons. The Balaban J connectivity index is 0.00000386. The fourth-order valence-electron chi connectivity index (χ4n) is 6.32. The molecule has 7 aromatic rings. The normalized spacial score (nSPS) is 11.6. The van der Waals surface area contributed by atoms with Gasteiger partial charge in [0.2, 0.25) is 0 Å². The van der Waals surface area contributed by atoms with E-state index in [1.165, 1.54) is 22.3 Å². The van der Waals surface area contributed by atoms with Crippen molar-refractivity contribution in [3.63, 3.8) is 0 Å². The Morgan fingerprint density at radius 1 is 0.809 bits per heavy atom. The summed E-state index contributed by atoms with van der Waals surface area (Å²) in [5.74, 6) is 2.06. The van der Waals surface area contributed by atoms with Crippen molar-refractivity contribution < 1.29 is 25.8 Å². The molecule has 3 aromatic heterocycles. The first-order valence-corrected chi connectivity index (χ1v) is 15.9. The van der Waals surface area contributed by atoms with Crippen LogP contribution in [0.5, 0.6) is 11.5 Å². The molecule has 0 bridgehead atoms. The summed E-state index contributed by atoms with van der Waals surface area (Å²) in [6.07, 6.45) is 8.10. The zero-order chi connectivity index (χ0) is 32.0. The van der Waals surface area contributed by atoms with Gasteiger partial charge in [0.25, 0.3) is 0 Å². The van der Waals surface area contributed by atoms with E-state index in [1.54, 1.807) is 0 Å². The number of nitrogens with zero attached hydrogens (tertiary/aromatic N) is 4. The molecule has 5 nitrogen and oxygen atoms in total. The van der Waals surface area contributed by atoms with Crippen LogP contribution >= 0.6 is 0 Å². The van der Waals surface area contributed by atoms with Crippen LogP contribution in [0.3, 0.4) is 0 Å². The molecule has 0 aliphatic carbocycles. The van der Waals surface area contributed by atoms with Crippen LogP contribution in [0.1, 0.15) is 49.4 Å². The average Bonchev–Trinajstić information content (AvgIpc) is 3.63. The van der Waals surface area contributed by atoms with Gasteiger partial charge in [-0.25, -0.2) is 4.98 Å². The van der Waals surface area contributed by atoms with E-state index in [0.717, 1.165) is 57.3 Å². The molecular formula is C41H38N4OPt. The van der Waals surface area contributed by atoms with Gasteiger partial charge in [0.1, 0.15) is 5.82 Å². The van der Waals surface area contributed by atoms with Crippen LogP contribution in [0.15, 0.2) is 97.5 Å². The monoisotopic (exact) mass is 797 g/mol. The molecule has 0 saturated heterocycles. The second-order valence-corrected chi connectivity index (χ2v) is 13.5. The summed E-state index contributed by atoms with van der Waals surface area (Å²) in [6.45, 7) is 13.4. The molecule has 0 spiro atoms. The number of hydrogen-bond acceptors (Lipinski definition) is 3. The molecule has 7 rings (SSSR count). The number of rotatable bonds is 7. The molecule has 0 aliphatic heterocycles. The summed E-state index contributed by atoms with van der Waals surface area (Å²) in [7, 11) is 0. The molecule has 0 unspecified atom stereocenters. The van der Waals surface area contributed by atoms with Crippen LogP contribution in [-0.2, 0) is 27.5 Å². The summed E-state index contributed by atoms with van der Waals surface area (Å²) in [4.78, 5) is 4.68. The smallest absolute Gasteiger partial charge is 0.509 e.